The van der Waals surface area contributed by atoms with Crippen molar-refractivity contribution in [2.75, 3.05) is 37.6 Å². The summed E-state index contributed by atoms with van der Waals surface area (Å²) in [6.45, 7) is 13.4. The number of imidazole rings is 1. The molecular weight excluding hydrogens is 414 g/mol. The Morgan fingerprint density at radius 2 is 1.76 bits per heavy atom. The van der Waals surface area contributed by atoms with Gasteiger partial charge in [-0.1, -0.05) is 45.9 Å². The lowest BCUT2D eigenvalue weighted by atomic mass is 10.1. The van der Waals surface area contributed by atoms with Crippen LogP contribution in [-0.4, -0.2) is 63.9 Å². The maximum atomic E-state index is 13.3. The summed E-state index contributed by atoms with van der Waals surface area (Å²) in [6.07, 6.45) is 6.62. The Hall–Kier alpha value is -2.67. The molecule has 180 valence electrons. The number of carbonyl (C=O) groups is 2. The second-order valence-electron chi connectivity index (χ2n) is 9.87. The molecule has 2 amide bonds. The Balaban J connectivity index is 1.91. The predicted molar refractivity (Wildman–Crippen MR) is 132 cm³/mol. The predicted octanol–water partition coefficient (Wildman–Crippen LogP) is 3.65. The molecule has 1 aliphatic rings. The molecule has 0 saturated heterocycles. The minimum atomic E-state index is 0.0617. The summed E-state index contributed by atoms with van der Waals surface area (Å²) in [5, 5.41) is 0. The van der Waals surface area contributed by atoms with E-state index in [9.17, 15) is 9.59 Å². The van der Waals surface area contributed by atoms with Crippen LogP contribution in [0.25, 0.3) is 0 Å². The van der Waals surface area contributed by atoms with Gasteiger partial charge >= 0.3 is 0 Å². The number of anilines is 1. The first kappa shape index (κ1) is 25.0. The number of rotatable bonds is 6. The molecule has 0 saturated carbocycles. The van der Waals surface area contributed by atoms with Crippen LogP contribution in [0, 0.1) is 11.8 Å². The van der Waals surface area contributed by atoms with Crippen molar-refractivity contribution in [1.29, 1.82) is 0 Å². The van der Waals surface area contributed by atoms with E-state index < -0.39 is 0 Å². The van der Waals surface area contributed by atoms with Crippen LogP contribution in [0.1, 0.15) is 46.1 Å². The van der Waals surface area contributed by atoms with Crippen molar-refractivity contribution in [1.82, 2.24) is 19.4 Å². The molecule has 0 aliphatic carbocycles. The lowest BCUT2D eigenvalue weighted by Gasteiger charge is -2.29. The van der Waals surface area contributed by atoms with Crippen LogP contribution in [0.5, 0.6) is 0 Å². The second-order valence-corrected chi connectivity index (χ2v) is 9.87. The van der Waals surface area contributed by atoms with E-state index in [1.807, 2.05) is 44.8 Å². The maximum Gasteiger partial charge on any atom is 0.242 e. The number of nitrogens with zero attached hydrogens (tertiary/aromatic N) is 5. The molecule has 2 aromatic rings. The number of hydrogen-bond donors (Lipinski definition) is 0. The molecule has 7 nitrogen and oxygen atoms in total. The molecule has 1 aliphatic heterocycles. The third kappa shape index (κ3) is 7.42. The first-order valence-corrected chi connectivity index (χ1v) is 12.2. The van der Waals surface area contributed by atoms with E-state index in [1.54, 1.807) is 12.5 Å². The van der Waals surface area contributed by atoms with E-state index in [1.165, 1.54) is 0 Å². The highest BCUT2D eigenvalue weighted by Gasteiger charge is 2.24. The van der Waals surface area contributed by atoms with Crippen molar-refractivity contribution in [3.8, 4) is 0 Å². The molecule has 0 spiro atoms. The molecular formula is C26H39N5O2. The fraction of sp³-hybridized carbons (Fsp3) is 0.577. The van der Waals surface area contributed by atoms with E-state index >= 15 is 0 Å². The van der Waals surface area contributed by atoms with E-state index in [2.05, 4.69) is 37.6 Å². The van der Waals surface area contributed by atoms with E-state index in [-0.39, 0.29) is 18.4 Å². The largest absolute Gasteiger partial charge is 0.335 e. The van der Waals surface area contributed by atoms with Crippen LogP contribution in [0.4, 0.5) is 5.69 Å². The molecule has 0 N–H and O–H groups in total. The summed E-state index contributed by atoms with van der Waals surface area (Å²) in [4.78, 5) is 36.9. The number of amides is 2. The highest BCUT2D eigenvalue weighted by atomic mass is 16.2. The molecule has 7 heteroatoms. The van der Waals surface area contributed by atoms with Gasteiger partial charge in [-0.25, -0.2) is 4.98 Å². The molecule has 1 aromatic carbocycles. The van der Waals surface area contributed by atoms with Gasteiger partial charge in [-0.05, 0) is 36.4 Å². The molecule has 0 bridgehead atoms. The van der Waals surface area contributed by atoms with E-state index in [4.69, 9.17) is 0 Å². The first-order valence-electron chi connectivity index (χ1n) is 12.2. The van der Waals surface area contributed by atoms with Gasteiger partial charge in [-0.2, -0.15) is 0 Å². The lowest BCUT2D eigenvalue weighted by Crippen LogP contribution is -2.41. The van der Waals surface area contributed by atoms with Crippen LogP contribution in [0.15, 0.2) is 43.0 Å². The molecule has 0 unspecified atom stereocenters. The molecule has 0 radical (unpaired) electrons. The smallest absolute Gasteiger partial charge is 0.242 e. The minimum absolute atomic E-state index is 0.0617. The Labute approximate surface area is 198 Å². The average molecular weight is 454 g/mol. The van der Waals surface area contributed by atoms with Crippen LogP contribution in [0.3, 0.4) is 0 Å². The van der Waals surface area contributed by atoms with E-state index in [0.29, 0.717) is 37.9 Å². The van der Waals surface area contributed by atoms with Crippen LogP contribution in [0.2, 0.25) is 0 Å². The number of aromatic nitrogens is 2. The monoisotopic (exact) mass is 453 g/mol. The SMILES string of the molecule is CC(C)CC(=O)N1CCCN(CC(C)C)CCN(C(=O)Cn2ccnc2)Cc2ccccc21. The zero-order valence-electron chi connectivity index (χ0n) is 20.6. The number of carbonyl (C=O) groups excluding carboxylic acids is 2. The van der Waals surface area contributed by atoms with Gasteiger partial charge in [0.25, 0.3) is 0 Å². The van der Waals surface area contributed by atoms with Crippen LogP contribution in [-0.2, 0) is 22.7 Å². The topological polar surface area (TPSA) is 61.7 Å². The maximum absolute atomic E-state index is 13.3. The van der Waals surface area contributed by atoms with Crippen molar-refractivity contribution >= 4 is 17.5 Å². The number of benzene rings is 1. The lowest BCUT2D eigenvalue weighted by molar-refractivity contribution is -0.132. The highest BCUT2D eigenvalue weighted by molar-refractivity contribution is 5.94. The van der Waals surface area contributed by atoms with Crippen molar-refractivity contribution in [2.45, 2.75) is 53.6 Å². The van der Waals surface area contributed by atoms with Gasteiger partial charge in [0.2, 0.25) is 11.8 Å². The molecule has 3 rings (SSSR count). The Morgan fingerprint density at radius 3 is 2.45 bits per heavy atom. The van der Waals surface area contributed by atoms with Gasteiger partial charge in [0, 0.05) is 57.2 Å². The quantitative estimate of drug-likeness (QED) is 0.670. The summed E-state index contributed by atoms with van der Waals surface area (Å²) in [5.41, 5.74) is 1.95. The molecule has 0 fully saturated rings. The highest BCUT2D eigenvalue weighted by Crippen LogP contribution is 2.25. The summed E-state index contributed by atoms with van der Waals surface area (Å²) in [6, 6.07) is 8.05. The van der Waals surface area contributed by atoms with Crippen molar-refractivity contribution in [3.05, 3.63) is 48.5 Å². The number of hydrogen-bond acceptors (Lipinski definition) is 4. The van der Waals surface area contributed by atoms with Gasteiger partial charge in [0.1, 0.15) is 6.54 Å². The third-order valence-electron chi connectivity index (χ3n) is 5.92. The Bertz CT molecular complexity index is 894. The molecule has 33 heavy (non-hydrogen) atoms. The number of para-hydroxylation sites is 1. The zero-order chi connectivity index (χ0) is 23.8. The van der Waals surface area contributed by atoms with Crippen LogP contribution < -0.4 is 4.90 Å². The summed E-state index contributed by atoms with van der Waals surface area (Å²) in [5.74, 6) is 1.06. The Morgan fingerprint density at radius 1 is 0.970 bits per heavy atom. The molecule has 1 aromatic heterocycles. The van der Waals surface area contributed by atoms with Gasteiger partial charge in [0.05, 0.1) is 6.33 Å². The average Bonchev–Trinajstić information content (AvgIpc) is 3.25. The van der Waals surface area contributed by atoms with Gasteiger partial charge in [-0.15, -0.1) is 0 Å². The minimum Gasteiger partial charge on any atom is -0.335 e. The van der Waals surface area contributed by atoms with E-state index in [0.717, 1.165) is 37.3 Å². The van der Waals surface area contributed by atoms with Gasteiger partial charge in [0.15, 0.2) is 0 Å². The Kier molecular flexibility index (Phi) is 9.06. The van der Waals surface area contributed by atoms with Crippen molar-refractivity contribution in [3.63, 3.8) is 0 Å². The zero-order valence-corrected chi connectivity index (χ0v) is 20.6. The van der Waals surface area contributed by atoms with Crippen molar-refractivity contribution < 1.29 is 9.59 Å². The summed E-state index contributed by atoms with van der Waals surface area (Å²) < 4.78 is 1.81. The summed E-state index contributed by atoms with van der Waals surface area (Å²) >= 11 is 0. The first-order chi connectivity index (χ1) is 15.8. The third-order valence-corrected chi connectivity index (χ3v) is 5.92. The van der Waals surface area contributed by atoms with Crippen LogP contribution >= 0.6 is 0 Å². The molecule has 0 atom stereocenters. The standard InChI is InChI=1S/C26H39N5O2/c1-21(2)16-25(32)31-12-7-11-28(17-22(3)4)14-15-30(18-23-8-5-6-9-24(23)31)26(33)19-29-13-10-27-20-29/h5-6,8-10,13,20-22H,7,11-12,14-19H2,1-4H3. The number of fused-ring (bicyclic) bond motifs is 1. The summed E-state index contributed by atoms with van der Waals surface area (Å²) in [7, 11) is 0. The molecule has 2 heterocycles. The van der Waals surface area contributed by atoms with Crippen molar-refractivity contribution in [2.24, 2.45) is 11.8 Å². The van der Waals surface area contributed by atoms with Gasteiger partial charge < -0.3 is 19.3 Å². The van der Waals surface area contributed by atoms with Gasteiger partial charge in [-0.3, -0.25) is 9.59 Å². The fourth-order valence-electron chi connectivity index (χ4n) is 4.41. The second kappa shape index (κ2) is 12.0. The normalized spacial score (nSPS) is 16.1. The fourth-order valence-corrected chi connectivity index (χ4v) is 4.41.